The number of aliphatic carboxylic acids is 1. The molecule has 3 N–H and O–H groups in total. The van der Waals surface area contributed by atoms with E-state index in [9.17, 15) is 22.8 Å². The van der Waals surface area contributed by atoms with E-state index in [-0.39, 0.29) is 17.4 Å². The number of ketones is 1. The van der Waals surface area contributed by atoms with Crippen LogP contribution >= 0.6 is 11.8 Å². The highest BCUT2D eigenvalue weighted by atomic mass is 32.2. The molecule has 1 fully saturated rings. The Morgan fingerprint density at radius 1 is 1.27 bits per heavy atom. The van der Waals surface area contributed by atoms with Gasteiger partial charge in [-0.2, -0.15) is 13.2 Å². The van der Waals surface area contributed by atoms with Crippen LogP contribution in [0.5, 0.6) is 0 Å². The normalized spacial score (nSPS) is 26.5. The molecule has 0 spiro atoms. The van der Waals surface area contributed by atoms with Gasteiger partial charge in [0.2, 0.25) is 0 Å². The predicted molar refractivity (Wildman–Crippen MR) is 76.2 cm³/mol. The van der Waals surface area contributed by atoms with Gasteiger partial charge in [0.15, 0.2) is 0 Å². The number of thioether (sulfide) groups is 1. The largest absolute Gasteiger partial charge is 0.480 e. The highest BCUT2D eigenvalue weighted by Gasteiger charge is 2.54. The molecule has 0 aliphatic heterocycles. The molecule has 0 heterocycles. The smallest absolute Gasteiger partial charge is 0.454 e. The third-order valence-corrected chi connectivity index (χ3v) is 5.90. The van der Waals surface area contributed by atoms with E-state index in [4.69, 9.17) is 10.8 Å². The molecular weight excluding hydrogens is 319 g/mol. The van der Waals surface area contributed by atoms with Crippen LogP contribution < -0.4 is 5.73 Å². The van der Waals surface area contributed by atoms with E-state index >= 15 is 0 Å². The van der Waals surface area contributed by atoms with Crippen LogP contribution in [0.1, 0.15) is 33.1 Å². The Hall–Kier alpha value is -1.02. The van der Waals surface area contributed by atoms with Gasteiger partial charge in [0, 0.05) is 10.3 Å². The van der Waals surface area contributed by atoms with Crippen LogP contribution in [0.15, 0.2) is 10.5 Å². The summed E-state index contributed by atoms with van der Waals surface area (Å²) in [6, 6.07) is -1.23. The maximum Gasteiger partial charge on any atom is 0.454 e. The van der Waals surface area contributed by atoms with E-state index in [0.717, 1.165) is 24.6 Å². The summed E-state index contributed by atoms with van der Waals surface area (Å²) >= 11 is 1.01. The molecule has 4 nitrogen and oxygen atoms in total. The minimum absolute atomic E-state index is 0.0634. The average Bonchev–Trinajstić information content (AvgIpc) is 2.78. The Morgan fingerprint density at radius 3 is 2.32 bits per heavy atom. The van der Waals surface area contributed by atoms with Crippen LogP contribution in [0.3, 0.4) is 0 Å². The van der Waals surface area contributed by atoms with Gasteiger partial charge in [0.05, 0.1) is 0 Å². The van der Waals surface area contributed by atoms with E-state index in [2.05, 4.69) is 0 Å². The second kappa shape index (κ2) is 5.56. The lowest BCUT2D eigenvalue weighted by molar-refractivity contribution is -0.167. The number of rotatable bonds is 5. The van der Waals surface area contributed by atoms with Crippen molar-refractivity contribution in [3.05, 3.63) is 10.5 Å². The maximum absolute atomic E-state index is 12.8. The van der Waals surface area contributed by atoms with Crippen molar-refractivity contribution >= 4 is 23.5 Å². The molecule has 0 bridgehead atoms. The van der Waals surface area contributed by atoms with Crippen LogP contribution in [0, 0.1) is 11.8 Å². The molecule has 0 aromatic heterocycles. The number of hydrogen-bond acceptors (Lipinski definition) is 4. The molecule has 2 aliphatic rings. The van der Waals surface area contributed by atoms with Crippen molar-refractivity contribution in [2.45, 2.75) is 50.1 Å². The Balaban J connectivity index is 2.31. The number of allylic oxidation sites excluding steroid dienone is 2. The van der Waals surface area contributed by atoms with Crippen molar-refractivity contribution in [3.8, 4) is 0 Å². The van der Waals surface area contributed by atoms with Crippen LogP contribution in [0.2, 0.25) is 0 Å². The molecule has 0 saturated heterocycles. The van der Waals surface area contributed by atoms with Crippen molar-refractivity contribution in [3.63, 3.8) is 0 Å². The van der Waals surface area contributed by atoms with Crippen molar-refractivity contribution in [1.29, 1.82) is 0 Å². The van der Waals surface area contributed by atoms with Gasteiger partial charge in [-0.3, -0.25) is 9.59 Å². The fourth-order valence-corrected chi connectivity index (χ4v) is 4.70. The number of carboxylic acid groups (broad SMARTS) is 1. The summed E-state index contributed by atoms with van der Waals surface area (Å²) in [7, 11) is 0. The summed E-state index contributed by atoms with van der Waals surface area (Å²) in [5.74, 6) is -3.41. The van der Waals surface area contributed by atoms with E-state index < -0.39 is 28.7 Å². The third kappa shape index (κ3) is 2.90. The van der Waals surface area contributed by atoms with Gasteiger partial charge in [-0.15, -0.1) is 11.8 Å². The summed E-state index contributed by atoms with van der Waals surface area (Å²) < 4.78 is 37.3. The van der Waals surface area contributed by atoms with Gasteiger partial charge >= 0.3 is 12.1 Å². The minimum Gasteiger partial charge on any atom is -0.480 e. The Kier molecular flexibility index (Phi) is 4.38. The molecule has 0 radical (unpaired) electrons. The topological polar surface area (TPSA) is 80.4 Å². The van der Waals surface area contributed by atoms with Gasteiger partial charge in [-0.1, -0.05) is 6.42 Å². The second-order valence-corrected chi connectivity index (χ2v) is 7.97. The third-order valence-electron chi connectivity index (χ3n) is 4.38. The van der Waals surface area contributed by atoms with E-state index in [1.165, 1.54) is 0 Å². The van der Waals surface area contributed by atoms with Crippen LogP contribution in [0.4, 0.5) is 13.2 Å². The summed E-state index contributed by atoms with van der Waals surface area (Å²) in [6.45, 7) is 3.14. The Labute approximate surface area is 130 Å². The van der Waals surface area contributed by atoms with Gasteiger partial charge in [-0.05, 0) is 43.4 Å². The first-order valence-electron chi connectivity index (χ1n) is 6.99. The molecule has 2 rings (SSSR count). The van der Waals surface area contributed by atoms with Crippen LogP contribution in [0.25, 0.3) is 0 Å². The zero-order valence-corrected chi connectivity index (χ0v) is 13.1. The fourth-order valence-electron chi connectivity index (χ4n) is 3.11. The molecule has 2 aliphatic carbocycles. The van der Waals surface area contributed by atoms with Gasteiger partial charge in [-0.25, -0.2) is 0 Å². The number of nitrogens with two attached hydrogens (primary N) is 1. The molecule has 3 unspecified atom stereocenters. The van der Waals surface area contributed by atoms with Crippen molar-refractivity contribution < 1.29 is 27.9 Å². The highest BCUT2D eigenvalue weighted by Crippen LogP contribution is 2.59. The number of carboxylic acids is 1. The Morgan fingerprint density at radius 2 is 1.82 bits per heavy atom. The molecule has 22 heavy (non-hydrogen) atoms. The number of fused-ring (bicyclic) bond motifs is 1. The SMILES string of the molecule is CC(C)(SC1=C(C(=O)C(F)(F)F)C2CCCC12)C(N)C(=O)O. The molecule has 0 aromatic carbocycles. The summed E-state index contributed by atoms with van der Waals surface area (Å²) in [6.07, 6.45) is -2.80. The van der Waals surface area contributed by atoms with E-state index in [0.29, 0.717) is 11.3 Å². The summed E-state index contributed by atoms with van der Waals surface area (Å²) in [4.78, 5) is 23.1. The molecule has 0 aromatic rings. The number of hydrogen-bond donors (Lipinski definition) is 2. The molecular formula is C14H18F3NO3S. The van der Waals surface area contributed by atoms with Gasteiger partial charge < -0.3 is 10.8 Å². The first-order valence-corrected chi connectivity index (χ1v) is 7.81. The number of Topliss-reactive ketones (excluding diaryl/α,β-unsaturated/α-hetero) is 1. The molecule has 3 atom stereocenters. The second-order valence-electron chi connectivity index (χ2n) is 6.27. The molecule has 1 saturated carbocycles. The number of carbonyl (C=O) groups is 2. The van der Waals surface area contributed by atoms with E-state index in [1.54, 1.807) is 13.8 Å². The lowest BCUT2D eigenvalue weighted by Crippen LogP contribution is -2.48. The van der Waals surface area contributed by atoms with Crippen molar-refractivity contribution in [2.75, 3.05) is 0 Å². The predicted octanol–water partition coefficient (Wildman–Crippen LogP) is 2.73. The quantitative estimate of drug-likeness (QED) is 0.806. The summed E-state index contributed by atoms with van der Waals surface area (Å²) in [5.41, 5.74) is 5.44. The average molecular weight is 337 g/mol. The Bertz CT molecular complexity index is 542. The molecule has 8 heteroatoms. The zero-order chi connectivity index (χ0) is 16.9. The van der Waals surface area contributed by atoms with Crippen molar-refractivity contribution in [2.24, 2.45) is 17.6 Å². The highest BCUT2D eigenvalue weighted by molar-refractivity contribution is 8.04. The number of carbonyl (C=O) groups excluding carboxylic acids is 1. The van der Waals surface area contributed by atoms with Gasteiger partial charge in [0.25, 0.3) is 5.78 Å². The zero-order valence-electron chi connectivity index (χ0n) is 12.2. The monoisotopic (exact) mass is 337 g/mol. The minimum atomic E-state index is -4.90. The first kappa shape index (κ1) is 17.3. The van der Waals surface area contributed by atoms with Gasteiger partial charge in [0.1, 0.15) is 6.04 Å². The maximum atomic E-state index is 12.8. The lowest BCUT2D eigenvalue weighted by Gasteiger charge is -2.41. The number of halogens is 3. The standard InChI is InChI=1S/C14H18F3NO3S/c1-13(2,10(18)12(20)21)22-9-7-5-3-4-6(7)8(9)11(19)14(15,16)17/h6-7,10H,3-5,18H2,1-2H3,(H,20,21). The first-order chi connectivity index (χ1) is 9.97. The lowest BCUT2D eigenvalue weighted by atomic mass is 9.74. The fraction of sp³-hybridized carbons (Fsp3) is 0.714. The van der Waals surface area contributed by atoms with Crippen LogP contribution in [-0.2, 0) is 9.59 Å². The van der Waals surface area contributed by atoms with Crippen LogP contribution in [-0.4, -0.2) is 33.8 Å². The molecule has 0 amide bonds. The number of alkyl halides is 3. The van der Waals surface area contributed by atoms with E-state index in [1.807, 2.05) is 0 Å². The summed E-state index contributed by atoms with van der Waals surface area (Å²) in [5, 5.41) is 9.01. The van der Waals surface area contributed by atoms with Crippen molar-refractivity contribution in [1.82, 2.24) is 0 Å². The molecule has 124 valence electrons.